The molecule has 0 aliphatic carbocycles. The van der Waals surface area contributed by atoms with Gasteiger partial charge in [0, 0.05) is 13.1 Å². The van der Waals surface area contributed by atoms with E-state index < -0.39 is 0 Å². The number of hydrogen-bond donors (Lipinski definition) is 3. The van der Waals surface area contributed by atoms with Crippen LogP contribution in [0.15, 0.2) is 43.0 Å². The van der Waals surface area contributed by atoms with Gasteiger partial charge in [0.05, 0.1) is 12.5 Å². The molecule has 0 saturated carbocycles. The summed E-state index contributed by atoms with van der Waals surface area (Å²) in [7, 11) is 0. The highest BCUT2D eigenvalue weighted by molar-refractivity contribution is 5.79. The Bertz CT molecular complexity index is 862. The first-order valence-electron chi connectivity index (χ1n) is 8.70. The molecule has 0 spiro atoms. The molecule has 1 aliphatic rings. The van der Waals surface area contributed by atoms with E-state index in [0.29, 0.717) is 13.1 Å². The van der Waals surface area contributed by atoms with Crippen LogP contribution in [0.3, 0.4) is 0 Å². The number of nitrogens with one attached hydrogen (secondary N) is 3. The Morgan fingerprint density at radius 3 is 2.93 bits per heavy atom. The van der Waals surface area contributed by atoms with Gasteiger partial charge < -0.3 is 9.88 Å². The quantitative estimate of drug-likeness (QED) is 0.487. The number of amides is 1. The van der Waals surface area contributed by atoms with E-state index in [0.717, 1.165) is 18.8 Å². The number of hydrogen-bond acceptors (Lipinski definition) is 8. The molecule has 11 heteroatoms. The number of benzene rings is 1. The maximum atomic E-state index is 12.6. The average Bonchev–Trinajstić information content (AvgIpc) is 3.46. The Morgan fingerprint density at radius 1 is 1.22 bits per heavy atom. The second-order valence-corrected chi connectivity index (χ2v) is 6.26. The second-order valence-electron chi connectivity index (χ2n) is 6.26. The van der Waals surface area contributed by atoms with Crippen LogP contribution in [0.1, 0.15) is 17.6 Å². The number of aryl methyl sites for hydroxylation is 2. The molecule has 3 N–H and O–H groups in total. The van der Waals surface area contributed by atoms with E-state index >= 15 is 0 Å². The van der Waals surface area contributed by atoms with Crippen molar-refractivity contribution in [3.8, 4) is 0 Å². The lowest BCUT2D eigenvalue weighted by molar-refractivity contribution is -0.125. The number of carbonyl (C=O) groups excluding carboxylic acids is 1. The summed E-state index contributed by atoms with van der Waals surface area (Å²) in [5.41, 5.74) is 7.23. The molecule has 11 nitrogen and oxygen atoms in total. The average molecular weight is 368 g/mol. The molecule has 1 fully saturated rings. The zero-order valence-corrected chi connectivity index (χ0v) is 14.6. The van der Waals surface area contributed by atoms with Crippen LogP contribution in [-0.2, 0) is 24.3 Å². The SMILES string of the molecule is O=C(NCc1nncn1CCc1ccccc1)C1CNNC1n1cnnn1. The lowest BCUT2D eigenvalue weighted by Crippen LogP contribution is -2.37. The number of tetrazole rings is 1. The number of aromatic nitrogens is 7. The van der Waals surface area contributed by atoms with Gasteiger partial charge in [-0.1, -0.05) is 30.3 Å². The summed E-state index contributed by atoms with van der Waals surface area (Å²) in [6.07, 6.45) is 3.70. The zero-order chi connectivity index (χ0) is 18.5. The van der Waals surface area contributed by atoms with Crippen molar-refractivity contribution in [2.45, 2.75) is 25.7 Å². The number of carbonyl (C=O) groups is 1. The van der Waals surface area contributed by atoms with Crippen molar-refractivity contribution in [1.29, 1.82) is 0 Å². The van der Waals surface area contributed by atoms with Crippen LogP contribution >= 0.6 is 0 Å². The molecule has 2 aromatic heterocycles. The second kappa shape index (κ2) is 8.01. The summed E-state index contributed by atoms with van der Waals surface area (Å²) in [5.74, 6) is 0.275. The Kier molecular flexibility index (Phi) is 5.12. The lowest BCUT2D eigenvalue weighted by atomic mass is 10.1. The van der Waals surface area contributed by atoms with Crippen molar-refractivity contribution < 1.29 is 4.79 Å². The molecule has 27 heavy (non-hydrogen) atoms. The fraction of sp³-hybridized carbons (Fsp3) is 0.375. The molecule has 2 unspecified atom stereocenters. The largest absolute Gasteiger partial charge is 0.348 e. The fourth-order valence-corrected chi connectivity index (χ4v) is 3.06. The number of rotatable bonds is 7. The third-order valence-corrected chi connectivity index (χ3v) is 4.54. The lowest BCUT2D eigenvalue weighted by Gasteiger charge is -2.17. The van der Waals surface area contributed by atoms with Gasteiger partial charge in [0.1, 0.15) is 18.8 Å². The Balaban J connectivity index is 1.34. The van der Waals surface area contributed by atoms with Crippen LogP contribution < -0.4 is 16.2 Å². The summed E-state index contributed by atoms with van der Waals surface area (Å²) in [5, 5.41) is 22.1. The Labute approximate surface area is 155 Å². The van der Waals surface area contributed by atoms with E-state index in [1.165, 1.54) is 16.6 Å². The molecule has 2 atom stereocenters. The molecular formula is C16H20N10O. The third-order valence-electron chi connectivity index (χ3n) is 4.54. The van der Waals surface area contributed by atoms with Crippen LogP contribution in [0.25, 0.3) is 0 Å². The van der Waals surface area contributed by atoms with E-state index in [-0.39, 0.29) is 18.0 Å². The van der Waals surface area contributed by atoms with Gasteiger partial charge in [-0.25, -0.2) is 10.1 Å². The van der Waals surface area contributed by atoms with Gasteiger partial charge in [0.15, 0.2) is 5.82 Å². The van der Waals surface area contributed by atoms with Crippen molar-refractivity contribution in [2.24, 2.45) is 5.92 Å². The highest BCUT2D eigenvalue weighted by atomic mass is 16.2. The van der Waals surface area contributed by atoms with E-state index in [1.807, 2.05) is 22.8 Å². The van der Waals surface area contributed by atoms with Crippen LogP contribution in [0.2, 0.25) is 0 Å². The maximum absolute atomic E-state index is 12.6. The molecule has 0 bridgehead atoms. The molecule has 140 valence electrons. The van der Waals surface area contributed by atoms with Gasteiger partial charge in [0.25, 0.3) is 0 Å². The van der Waals surface area contributed by atoms with Gasteiger partial charge in [0.2, 0.25) is 5.91 Å². The summed E-state index contributed by atoms with van der Waals surface area (Å²) in [6, 6.07) is 10.2. The van der Waals surface area contributed by atoms with Gasteiger partial charge in [-0.15, -0.1) is 15.3 Å². The standard InChI is InChI=1S/C16H20N10O/c27-16(13-8-18-22-15(13)26-11-20-23-24-26)17-9-14-21-19-10-25(14)7-6-12-4-2-1-3-5-12/h1-5,10-11,13,15,18,22H,6-9H2,(H,17,27). The molecule has 3 aromatic rings. The minimum atomic E-state index is -0.339. The van der Waals surface area contributed by atoms with Crippen LogP contribution in [-0.4, -0.2) is 47.4 Å². The predicted molar refractivity (Wildman–Crippen MR) is 93.5 cm³/mol. The molecule has 1 amide bonds. The normalized spacial score (nSPS) is 19.3. The Hall–Kier alpha value is -3.18. The summed E-state index contributed by atoms with van der Waals surface area (Å²) < 4.78 is 3.48. The molecule has 1 aromatic carbocycles. The number of nitrogens with zero attached hydrogens (tertiary/aromatic N) is 7. The smallest absolute Gasteiger partial charge is 0.228 e. The van der Waals surface area contributed by atoms with Crippen LogP contribution in [0.4, 0.5) is 0 Å². The van der Waals surface area contributed by atoms with E-state index in [4.69, 9.17) is 0 Å². The first kappa shape index (κ1) is 17.2. The topological polar surface area (TPSA) is 127 Å². The molecular weight excluding hydrogens is 348 g/mol. The monoisotopic (exact) mass is 368 g/mol. The van der Waals surface area contributed by atoms with Crippen molar-refractivity contribution in [1.82, 2.24) is 51.1 Å². The highest BCUT2D eigenvalue weighted by Crippen LogP contribution is 2.17. The number of hydrazine groups is 1. The van der Waals surface area contributed by atoms with Gasteiger partial charge >= 0.3 is 0 Å². The van der Waals surface area contributed by atoms with Crippen molar-refractivity contribution in [2.75, 3.05) is 6.54 Å². The van der Waals surface area contributed by atoms with E-state index in [2.05, 4.69) is 54.0 Å². The maximum Gasteiger partial charge on any atom is 0.228 e. The first-order valence-corrected chi connectivity index (χ1v) is 8.70. The molecule has 1 saturated heterocycles. The van der Waals surface area contributed by atoms with Gasteiger partial charge in [-0.05, 0) is 22.4 Å². The fourth-order valence-electron chi connectivity index (χ4n) is 3.06. The summed E-state index contributed by atoms with van der Waals surface area (Å²) in [6.45, 7) is 1.55. The van der Waals surface area contributed by atoms with Gasteiger partial charge in [-0.3, -0.25) is 10.2 Å². The molecule has 3 heterocycles. The third kappa shape index (κ3) is 3.99. The van der Waals surface area contributed by atoms with E-state index in [1.54, 1.807) is 6.33 Å². The summed E-state index contributed by atoms with van der Waals surface area (Å²) >= 11 is 0. The Morgan fingerprint density at radius 2 is 2.11 bits per heavy atom. The zero-order valence-electron chi connectivity index (χ0n) is 14.6. The van der Waals surface area contributed by atoms with Crippen molar-refractivity contribution in [3.05, 3.63) is 54.4 Å². The molecule has 4 rings (SSSR count). The summed E-state index contributed by atoms with van der Waals surface area (Å²) in [4.78, 5) is 12.6. The van der Waals surface area contributed by atoms with Crippen LogP contribution in [0, 0.1) is 5.92 Å². The minimum absolute atomic E-state index is 0.106. The van der Waals surface area contributed by atoms with Gasteiger partial charge in [-0.2, -0.15) is 0 Å². The van der Waals surface area contributed by atoms with Crippen molar-refractivity contribution >= 4 is 5.91 Å². The molecule has 1 aliphatic heterocycles. The first-order chi connectivity index (χ1) is 13.3. The minimum Gasteiger partial charge on any atom is -0.348 e. The highest BCUT2D eigenvalue weighted by Gasteiger charge is 2.35. The van der Waals surface area contributed by atoms with Crippen LogP contribution in [0.5, 0.6) is 0 Å². The molecule has 0 radical (unpaired) electrons. The predicted octanol–water partition coefficient (Wildman–Crippen LogP) is -0.954. The van der Waals surface area contributed by atoms with Crippen molar-refractivity contribution in [3.63, 3.8) is 0 Å². The van der Waals surface area contributed by atoms with E-state index in [9.17, 15) is 4.79 Å².